The number of alkyl halides is 1. The molecule has 0 saturated carbocycles. The molecule has 19 heavy (non-hydrogen) atoms. The Hall–Kier alpha value is -0.930. The van der Waals surface area contributed by atoms with Crippen molar-refractivity contribution in [3.05, 3.63) is 24.3 Å². The van der Waals surface area contributed by atoms with E-state index in [0.717, 1.165) is 44.0 Å². The van der Waals surface area contributed by atoms with Gasteiger partial charge in [0.05, 0.1) is 20.3 Å². The van der Waals surface area contributed by atoms with Crippen molar-refractivity contribution in [1.29, 1.82) is 0 Å². The van der Waals surface area contributed by atoms with E-state index in [1.54, 1.807) is 7.11 Å². The van der Waals surface area contributed by atoms with Crippen LogP contribution >= 0.6 is 11.6 Å². The van der Waals surface area contributed by atoms with Crippen LogP contribution in [0.3, 0.4) is 0 Å². The third-order valence-electron chi connectivity index (χ3n) is 3.65. The SMILES string of the molecule is COc1ccc(OCCC2(CCl)CCCOC2)cc1. The van der Waals surface area contributed by atoms with Gasteiger partial charge in [0.2, 0.25) is 0 Å². The van der Waals surface area contributed by atoms with Crippen LogP contribution in [0, 0.1) is 5.41 Å². The fraction of sp³-hybridized carbons (Fsp3) is 0.600. The summed E-state index contributed by atoms with van der Waals surface area (Å²) >= 11 is 6.11. The fourth-order valence-corrected chi connectivity index (χ4v) is 2.68. The van der Waals surface area contributed by atoms with E-state index in [1.165, 1.54) is 0 Å². The Bertz CT molecular complexity index is 371. The molecule has 1 saturated heterocycles. The Morgan fingerprint density at radius 2 is 2.00 bits per heavy atom. The number of benzene rings is 1. The van der Waals surface area contributed by atoms with Crippen molar-refractivity contribution in [3.8, 4) is 11.5 Å². The molecule has 1 aliphatic rings. The standard InChI is InChI=1S/C15H21ClO3/c1-17-13-3-5-14(6-4-13)19-10-8-15(11-16)7-2-9-18-12-15/h3-6H,2,7-12H2,1H3. The molecule has 1 atom stereocenters. The van der Waals surface area contributed by atoms with Crippen molar-refractivity contribution in [1.82, 2.24) is 0 Å². The maximum Gasteiger partial charge on any atom is 0.119 e. The van der Waals surface area contributed by atoms with Crippen LogP contribution in [0.2, 0.25) is 0 Å². The number of rotatable bonds is 6. The molecule has 0 N–H and O–H groups in total. The second-order valence-electron chi connectivity index (χ2n) is 5.06. The summed E-state index contributed by atoms with van der Waals surface area (Å²) in [5.74, 6) is 2.34. The van der Waals surface area contributed by atoms with E-state index < -0.39 is 0 Å². The third-order valence-corrected chi connectivity index (χ3v) is 4.22. The van der Waals surface area contributed by atoms with E-state index >= 15 is 0 Å². The molecule has 1 aromatic carbocycles. The van der Waals surface area contributed by atoms with E-state index in [4.69, 9.17) is 25.8 Å². The highest BCUT2D eigenvalue weighted by molar-refractivity contribution is 6.18. The lowest BCUT2D eigenvalue weighted by atomic mass is 9.82. The van der Waals surface area contributed by atoms with E-state index in [2.05, 4.69) is 0 Å². The second-order valence-corrected chi connectivity index (χ2v) is 5.33. The van der Waals surface area contributed by atoms with Crippen molar-refractivity contribution >= 4 is 11.6 Å². The highest BCUT2D eigenvalue weighted by Crippen LogP contribution is 2.33. The van der Waals surface area contributed by atoms with Gasteiger partial charge in [0.25, 0.3) is 0 Å². The second kappa shape index (κ2) is 7.01. The topological polar surface area (TPSA) is 27.7 Å². The molecular formula is C15H21ClO3. The lowest BCUT2D eigenvalue weighted by molar-refractivity contribution is -0.00604. The fourth-order valence-electron chi connectivity index (χ4n) is 2.34. The van der Waals surface area contributed by atoms with E-state index in [1.807, 2.05) is 24.3 Å². The Balaban J connectivity index is 1.81. The van der Waals surface area contributed by atoms with Gasteiger partial charge in [-0.2, -0.15) is 0 Å². The largest absolute Gasteiger partial charge is 0.497 e. The van der Waals surface area contributed by atoms with Gasteiger partial charge in [0, 0.05) is 17.9 Å². The van der Waals surface area contributed by atoms with Gasteiger partial charge in [-0.15, -0.1) is 11.6 Å². The summed E-state index contributed by atoms with van der Waals surface area (Å²) in [5.41, 5.74) is 0.0896. The summed E-state index contributed by atoms with van der Waals surface area (Å²) in [6.07, 6.45) is 3.15. The zero-order valence-electron chi connectivity index (χ0n) is 11.4. The molecule has 3 nitrogen and oxygen atoms in total. The predicted molar refractivity (Wildman–Crippen MR) is 76.3 cm³/mol. The van der Waals surface area contributed by atoms with Gasteiger partial charge in [-0.3, -0.25) is 0 Å². The molecular weight excluding hydrogens is 264 g/mol. The summed E-state index contributed by atoms with van der Waals surface area (Å²) in [7, 11) is 1.66. The van der Waals surface area contributed by atoms with Crippen LogP contribution in [0.5, 0.6) is 11.5 Å². The molecule has 0 radical (unpaired) electrons. The highest BCUT2D eigenvalue weighted by Gasteiger charge is 2.31. The van der Waals surface area contributed by atoms with Crippen molar-refractivity contribution in [2.45, 2.75) is 19.3 Å². The number of ether oxygens (including phenoxy) is 3. The lowest BCUT2D eigenvalue weighted by Crippen LogP contribution is -2.35. The van der Waals surface area contributed by atoms with Crippen molar-refractivity contribution in [3.63, 3.8) is 0 Å². The monoisotopic (exact) mass is 284 g/mol. The highest BCUT2D eigenvalue weighted by atomic mass is 35.5. The minimum atomic E-state index is 0.0896. The average molecular weight is 285 g/mol. The van der Waals surface area contributed by atoms with Crippen LogP contribution in [-0.4, -0.2) is 32.8 Å². The molecule has 0 amide bonds. The van der Waals surface area contributed by atoms with Crippen molar-refractivity contribution < 1.29 is 14.2 Å². The molecule has 0 spiro atoms. The molecule has 1 unspecified atom stereocenters. The van der Waals surface area contributed by atoms with Gasteiger partial charge in [-0.25, -0.2) is 0 Å². The quantitative estimate of drug-likeness (QED) is 0.748. The Labute approximate surface area is 119 Å². The van der Waals surface area contributed by atoms with Crippen molar-refractivity contribution in [2.75, 3.05) is 32.8 Å². The van der Waals surface area contributed by atoms with Crippen molar-refractivity contribution in [2.24, 2.45) is 5.41 Å². The summed E-state index contributed by atoms with van der Waals surface area (Å²) < 4.78 is 16.4. The van der Waals surface area contributed by atoms with Gasteiger partial charge >= 0.3 is 0 Å². The van der Waals surface area contributed by atoms with E-state index in [0.29, 0.717) is 12.5 Å². The Morgan fingerprint density at radius 1 is 1.26 bits per heavy atom. The van der Waals surface area contributed by atoms with Crippen LogP contribution in [0.15, 0.2) is 24.3 Å². The van der Waals surface area contributed by atoms with E-state index in [-0.39, 0.29) is 5.41 Å². The predicted octanol–water partition coefficient (Wildman–Crippen LogP) is 3.50. The number of hydrogen-bond acceptors (Lipinski definition) is 3. The van der Waals surface area contributed by atoms with Crippen LogP contribution in [-0.2, 0) is 4.74 Å². The molecule has 0 aromatic heterocycles. The molecule has 1 aromatic rings. The maximum absolute atomic E-state index is 6.11. The minimum absolute atomic E-state index is 0.0896. The first-order valence-electron chi connectivity index (χ1n) is 6.69. The minimum Gasteiger partial charge on any atom is -0.497 e. The number of methoxy groups -OCH3 is 1. The average Bonchev–Trinajstić information content (AvgIpc) is 2.49. The molecule has 1 fully saturated rings. The van der Waals surface area contributed by atoms with Gasteiger partial charge in [0.15, 0.2) is 0 Å². The smallest absolute Gasteiger partial charge is 0.119 e. The molecule has 1 heterocycles. The summed E-state index contributed by atoms with van der Waals surface area (Å²) in [5, 5.41) is 0. The zero-order valence-corrected chi connectivity index (χ0v) is 12.1. The molecule has 0 aliphatic carbocycles. The molecule has 106 valence electrons. The first kappa shape index (κ1) is 14.5. The molecule has 2 rings (SSSR count). The lowest BCUT2D eigenvalue weighted by Gasteiger charge is -2.35. The molecule has 4 heteroatoms. The maximum atomic E-state index is 6.11. The van der Waals surface area contributed by atoms with Gasteiger partial charge in [-0.05, 0) is 43.5 Å². The van der Waals surface area contributed by atoms with Gasteiger partial charge < -0.3 is 14.2 Å². The summed E-state index contributed by atoms with van der Waals surface area (Å²) in [6, 6.07) is 7.64. The molecule has 0 bridgehead atoms. The Morgan fingerprint density at radius 3 is 2.58 bits per heavy atom. The number of halogens is 1. The summed E-state index contributed by atoms with van der Waals surface area (Å²) in [4.78, 5) is 0. The van der Waals surface area contributed by atoms with Crippen LogP contribution in [0.1, 0.15) is 19.3 Å². The summed E-state index contributed by atoms with van der Waals surface area (Å²) in [6.45, 7) is 2.28. The first-order valence-corrected chi connectivity index (χ1v) is 7.22. The van der Waals surface area contributed by atoms with E-state index in [9.17, 15) is 0 Å². The normalized spacial score (nSPS) is 23.1. The molecule has 1 aliphatic heterocycles. The third kappa shape index (κ3) is 4.02. The van der Waals surface area contributed by atoms with Gasteiger partial charge in [0.1, 0.15) is 11.5 Å². The zero-order chi connectivity index (χ0) is 13.6. The Kier molecular flexibility index (Phi) is 5.34. The van der Waals surface area contributed by atoms with Crippen LogP contribution in [0.4, 0.5) is 0 Å². The van der Waals surface area contributed by atoms with Crippen LogP contribution in [0.25, 0.3) is 0 Å². The number of hydrogen-bond donors (Lipinski definition) is 0. The van der Waals surface area contributed by atoms with Crippen LogP contribution < -0.4 is 9.47 Å². The first-order chi connectivity index (χ1) is 9.28. The van der Waals surface area contributed by atoms with Gasteiger partial charge in [-0.1, -0.05) is 0 Å².